The van der Waals surface area contributed by atoms with Gasteiger partial charge in [-0.25, -0.2) is 4.79 Å². The lowest BCUT2D eigenvalue weighted by Gasteiger charge is -2.32. The average molecular weight is 243 g/mol. The van der Waals surface area contributed by atoms with Gasteiger partial charge in [-0.05, 0) is 26.7 Å². The van der Waals surface area contributed by atoms with Crippen molar-refractivity contribution in [2.24, 2.45) is 5.73 Å². The number of carbonyl (C=O) groups is 2. The lowest BCUT2D eigenvalue weighted by Crippen LogP contribution is -2.50. The Morgan fingerprint density at radius 1 is 1.47 bits per heavy atom. The van der Waals surface area contributed by atoms with Gasteiger partial charge in [-0.15, -0.1) is 0 Å². The number of rotatable bonds is 4. The lowest BCUT2D eigenvalue weighted by molar-refractivity contribution is -0.145. The Kier molecular flexibility index (Phi) is 5.21. The molecular weight excluding hydrogens is 222 g/mol. The van der Waals surface area contributed by atoms with E-state index in [4.69, 9.17) is 10.5 Å². The molecule has 0 aromatic heterocycles. The van der Waals surface area contributed by atoms with E-state index in [1.165, 1.54) is 0 Å². The SMILES string of the molecule is CCOC(=O)C(C)NC1CCN(C(N)=O)CC1. The third-order valence-corrected chi connectivity index (χ3v) is 2.93. The summed E-state index contributed by atoms with van der Waals surface area (Å²) in [6.07, 6.45) is 1.62. The van der Waals surface area contributed by atoms with Crippen LogP contribution in [0.25, 0.3) is 0 Å². The Morgan fingerprint density at radius 2 is 2.06 bits per heavy atom. The Morgan fingerprint density at radius 3 is 2.53 bits per heavy atom. The summed E-state index contributed by atoms with van der Waals surface area (Å²) in [5.74, 6) is -0.232. The van der Waals surface area contributed by atoms with Crippen molar-refractivity contribution in [1.82, 2.24) is 10.2 Å². The molecule has 0 spiro atoms. The Hall–Kier alpha value is -1.30. The lowest BCUT2D eigenvalue weighted by atomic mass is 10.0. The fraction of sp³-hybridized carbons (Fsp3) is 0.818. The highest BCUT2D eigenvalue weighted by atomic mass is 16.5. The number of hydrogen-bond acceptors (Lipinski definition) is 4. The van der Waals surface area contributed by atoms with Gasteiger partial charge in [0, 0.05) is 19.1 Å². The first-order valence-electron chi connectivity index (χ1n) is 6.01. The molecule has 0 aromatic carbocycles. The highest BCUT2D eigenvalue weighted by Crippen LogP contribution is 2.10. The highest BCUT2D eigenvalue weighted by Gasteiger charge is 2.24. The second kappa shape index (κ2) is 6.44. The van der Waals surface area contributed by atoms with E-state index in [1.54, 1.807) is 18.7 Å². The topological polar surface area (TPSA) is 84.7 Å². The molecule has 2 amide bonds. The molecule has 0 aliphatic carbocycles. The van der Waals surface area contributed by atoms with Gasteiger partial charge in [-0.2, -0.15) is 0 Å². The van der Waals surface area contributed by atoms with Gasteiger partial charge in [0.05, 0.1) is 6.61 Å². The molecule has 0 radical (unpaired) electrons. The van der Waals surface area contributed by atoms with Crippen LogP contribution in [0.5, 0.6) is 0 Å². The maximum absolute atomic E-state index is 11.4. The first kappa shape index (κ1) is 13.8. The molecule has 3 N–H and O–H groups in total. The summed E-state index contributed by atoms with van der Waals surface area (Å²) >= 11 is 0. The van der Waals surface area contributed by atoms with Crippen LogP contribution in [-0.2, 0) is 9.53 Å². The molecule has 0 saturated carbocycles. The van der Waals surface area contributed by atoms with E-state index in [2.05, 4.69) is 5.32 Å². The van der Waals surface area contributed by atoms with Crippen LogP contribution in [0.15, 0.2) is 0 Å². The van der Waals surface area contributed by atoms with Crippen LogP contribution in [0.1, 0.15) is 26.7 Å². The number of ether oxygens (including phenoxy) is 1. The normalized spacial score (nSPS) is 18.8. The van der Waals surface area contributed by atoms with Crippen molar-refractivity contribution in [3.8, 4) is 0 Å². The van der Waals surface area contributed by atoms with Gasteiger partial charge in [0.25, 0.3) is 0 Å². The Labute approximate surface area is 101 Å². The third-order valence-electron chi connectivity index (χ3n) is 2.93. The number of primary amides is 1. The molecule has 0 bridgehead atoms. The van der Waals surface area contributed by atoms with E-state index in [9.17, 15) is 9.59 Å². The second-order valence-corrected chi connectivity index (χ2v) is 4.24. The molecule has 6 nitrogen and oxygen atoms in total. The molecule has 6 heteroatoms. The highest BCUT2D eigenvalue weighted by molar-refractivity contribution is 5.75. The molecule has 1 aliphatic rings. The summed E-state index contributed by atoms with van der Waals surface area (Å²) in [6, 6.07) is -0.438. The number of nitrogens with one attached hydrogen (secondary N) is 1. The van der Waals surface area contributed by atoms with E-state index < -0.39 is 0 Å². The molecule has 1 fully saturated rings. The summed E-state index contributed by atoms with van der Waals surface area (Å²) in [6.45, 7) is 5.25. The maximum atomic E-state index is 11.4. The Bertz CT molecular complexity index is 275. The van der Waals surface area contributed by atoms with Crippen LogP contribution in [0.2, 0.25) is 0 Å². The zero-order valence-corrected chi connectivity index (χ0v) is 10.4. The second-order valence-electron chi connectivity index (χ2n) is 4.24. The van der Waals surface area contributed by atoms with Crippen LogP contribution in [0.4, 0.5) is 4.79 Å². The van der Waals surface area contributed by atoms with Crippen molar-refractivity contribution < 1.29 is 14.3 Å². The van der Waals surface area contributed by atoms with Crippen molar-refractivity contribution in [2.45, 2.75) is 38.8 Å². The maximum Gasteiger partial charge on any atom is 0.322 e. The van der Waals surface area contributed by atoms with Crippen LogP contribution in [-0.4, -0.2) is 48.7 Å². The number of carbonyl (C=O) groups excluding carboxylic acids is 2. The molecular formula is C11H21N3O3. The molecule has 1 rings (SSSR count). The molecule has 17 heavy (non-hydrogen) atoms. The summed E-state index contributed by atoms with van der Waals surface area (Å²) in [5, 5.41) is 3.21. The summed E-state index contributed by atoms with van der Waals surface area (Å²) in [5.41, 5.74) is 5.19. The van der Waals surface area contributed by atoms with Crippen LogP contribution in [0.3, 0.4) is 0 Å². The van der Waals surface area contributed by atoms with Crippen LogP contribution >= 0.6 is 0 Å². The largest absolute Gasteiger partial charge is 0.465 e. The summed E-state index contributed by atoms with van der Waals surface area (Å²) in [4.78, 5) is 24.0. The van der Waals surface area contributed by atoms with E-state index in [0.717, 1.165) is 12.8 Å². The standard InChI is InChI=1S/C11H21N3O3/c1-3-17-10(15)8(2)13-9-4-6-14(7-5-9)11(12)16/h8-9,13H,3-7H2,1-2H3,(H2,12,16). The first-order chi connectivity index (χ1) is 8.04. The van der Waals surface area contributed by atoms with Gasteiger partial charge in [-0.1, -0.05) is 0 Å². The van der Waals surface area contributed by atoms with E-state index in [0.29, 0.717) is 19.7 Å². The number of nitrogens with zero attached hydrogens (tertiary/aromatic N) is 1. The number of likely N-dealkylation sites (tertiary alicyclic amines) is 1. The van der Waals surface area contributed by atoms with Crippen molar-refractivity contribution in [1.29, 1.82) is 0 Å². The third kappa shape index (κ3) is 4.22. The van der Waals surface area contributed by atoms with Crippen molar-refractivity contribution >= 4 is 12.0 Å². The van der Waals surface area contributed by atoms with E-state index >= 15 is 0 Å². The summed E-state index contributed by atoms with van der Waals surface area (Å²) < 4.78 is 4.92. The van der Waals surface area contributed by atoms with Gasteiger partial charge in [0.15, 0.2) is 0 Å². The predicted molar refractivity (Wildman–Crippen MR) is 63.4 cm³/mol. The molecule has 1 unspecified atom stereocenters. The van der Waals surface area contributed by atoms with Crippen molar-refractivity contribution in [3.05, 3.63) is 0 Å². The number of urea groups is 1. The minimum atomic E-state index is -0.373. The van der Waals surface area contributed by atoms with Gasteiger partial charge in [-0.3, -0.25) is 4.79 Å². The molecule has 1 atom stereocenters. The zero-order valence-electron chi connectivity index (χ0n) is 10.4. The molecule has 1 heterocycles. The summed E-state index contributed by atoms with van der Waals surface area (Å²) in [7, 11) is 0. The number of esters is 1. The molecule has 98 valence electrons. The molecule has 1 saturated heterocycles. The van der Waals surface area contributed by atoms with Crippen LogP contribution in [0, 0.1) is 0 Å². The fourth-order valence-corrected chi connectivity index (χ4v) is 1.96. The predicted octanol–water partition coefficient (Wildman–Crippen LogP) is 0.0707. The Balaban J connectivity index is 2.30. The number of piperidine rings is 1. The quantitative estimate of drug-likeness (QED) is 0.684. The van der Waals surface area contributed by atoms with Crippen LogP contribution < -0.4 is 11.1 Å². The smallest absolute Gasteiger partial charge is 0.322 e. The minimum Gasteiger partial charge on any atom is -0.465 e. The van der Waals surface area contributed by atoms with Gasteiger partial charge < -0.3 is 20.7 Å². The molecule has 0 aromatic rings. The van der Waals surface area contributed by atoms with Gasteiger partial charge >= 0.3 is 12.0 Å². The van der Waals surface area contributed by atoms with E-state index in [-0.39, 0.29) is 24.1 Å². The number of hydrogen-bond donors (Lipinski definition) is 2. The fourth-order valence-electron chi connectivity index (χ4n) is 1.96. The van der Waals surface area contributed by atoms with E-state index in [1.807, 2.05) is 0 Å². The number of nitrogens with two attached hydrogens (primary N) is 1. The molecule has 1 aliphatic heterocycles. The monoisotopic (exact) mass is 243 g/mol. The van der Waals surface area contributed by atoms with Crippen molar-refractivity contribution in [3.63, 3.8) is 0 Å². The zero-order chi connectivity index (χ0) is 12.8. The van der Waals surface area contributed by atoms with Gasteiger partial charge in [0.1, 0.15) is 6.04 Å². The number of amides is 2. The minimum absolute atomic E-state index is 0.232. The first-order valence-corrected chi connectivity index (χ1v) is 6.01. The van der Waals surface area contributed by atoms with Crippen molar-refractivity contribution in [2.75, 3.05) is 19.7 Å². The average Bonchev–Trinajstić information content (AvgIpc) is 2.30. The van der Waals surface area contributed by atoms with Gasteiger partial charge in [0.2, 0.25) is 0 Å².